The zero-order valence-corrected chi connectivity index (χ0v) is 12.0. The van der Waals surface area contributed by atoms with Crippen LogP contribution in [0, 0.1) is 12.7 Å². The first-order valence-electron chi connectivity index (χ1n) is 5.84. The van der Waals surface area contributed by atoms with Gasteiger partial charge in [0.1, 0.15) is 5.82 Å². The lowest BCUT2D eigenvalue weighted by atomic mass is 10.1. The predicted molar refractivity (Wildman–Crippen MR) is 76.4 cm³/mol. The van der Waals surface area contributed by atoms with Crippen LogP contribution in [0.4, 0.5) is 4.39 Å². The van der Waals surface area contributed by atoms with Crippen LogP contribution in [0.15, 0.2) is 46.9 Å². The smallest absolute Gasteiger partial charge is 0.251 e. The molecule has 0 unspecified atom stereocenters. The van der Waals surface area contributed by atoms with Gasteiger partial charge < -0.3 is 5.32 Å². The average molecular weight is 322 g/mol. The van der Waals surface area contributed by atoms with E-state index in [9.17, 15) is 9.18 Å². The number of carbonyl (C=O) groups is 1. The molecule has 0 aliphatic carbocycles. The Morgan fingerprint density at radius 2 is 2.05 bits per heavy atom. The Morgan fingerprint density at radius 1 is 1.26 bits per heavy atom. The summed E-state index contributed by atoms with van der Waals surface area (Å²) in [5, 5.41) is 2.77. The minimum Gasteiger partial charge on any atom is -0.348 e. The number of nitrogens with one attached hydrogen (secondary N) is 1. The van der Waals surface area contributed by atoms with E-state index in [4.69, 9.17) is 0 Å². The third kappa shape index (κ3) is 3.89. The number of hydrogen-bond donors (Lipinski definition) is 1. The number of carbonyl (C=O) groups excluding carboxylic acids is 1. The van der Waals surface area contributed by atoms with Gasteiger partial charge in [0.2, 0.25) is 0 Å². The summed E-state index contributed by atoms with van der Waals surface area (Å²) in [7, 11) is 0. The molecule has 98 valence electrons. The number of benzene rings is 2. The molecule has 1 N–H and O–H groups in total. The molecular weight excluding hydrogens is 309 g/mol. The monoisotopic (exact) mass is 321 g/mol. The number of amides is 1. The largest absolute Gasteiger partial charge is 0.348 e. The Morgan fingerprint density at radius 3 is 2.74 bits per heavy atom. The van der Waals surface area contributed by atoms with Gasteiger partial charge in [-0.25, -0.2) is 4.39 Å². The van der Waals surface area contributed by atoms with Gasteiger partial charge in [-0.3, -0.25) is 4.79 Å². The Balaban J connectivity index is 2.05. The summed E-state index contributed by atoms with van der Waals surface area (Å²) in [6.07, 6.45) is 0. The topological polar surface area (TPSA) is 29.1 Å². The first kappa shape index (κ1) is 13.7. The maximum absolute atomic E-state index is 13.0. The van der Waals surface area contributed by atoms with E-state index in [-0.39, 0.29) is 11.7 Å². The summed E-state index contributed by atoms with van der Waals surface area (Å²) in [5.74, 6) is -0.473. The van der Waals surface area contributed by atoms with E-state index in [1.165, 1.54) is 12.1 Å². The molecule has 4 heteroatoms. The first-order valence-corrected chi connectivity index (χ1v) is 6.64. The minimum atomic E-state index is -0.301. The van der Waals surface area contributed by atoms with E-state index < -0.39 is 0 Å². The fraction of sp³-hybridized carbons (Fsp3) is 0.133. The molecule has 0 aromatic heterocycles. The van der Waals surface area contributed by atoms with Gasteiger partial charge in [-0.15, -0.1) is 0 Å². The molecule has 2 rings (SSSR count). The van der Waals surface area contributed by atoms with Crippen LogP contribution >= 0.6 is 15.9 Å². The summed E-state index contributed by atoms with van der Waals surface area (Å²) < 4.78 is 13.9. The molecule has 19 heavy (non-hydrogen) atoms. The number of rotatable bonds is 3. The summed E-state index contributed by atoms with van der Waals surface area (Å²) in [4.78, 5) is 12.0. The molecule has 0 heterocycles. The molecule has 2 aromatic carbocycles. The summed E-state index contributed by atoms with van der Waals surface area (Å²) in [6.45, 7) is 2.23. The molecule has 0 radical (unpaired) electrons. The van der Waals surface area contributed by atoms with Crippen molar-refractivity contribution in [2.24, 2.45) is 0 Å². The van der Waals surface area contributed by atoms with E-state index in [1.807, 2.05) is 19.1 Å². The van der Waals surface area contributed by atoms with Crippen molar-refractivity contribution in [2.45, 2.75) is 13.5 Å². The molecule has 2 nitrogen and oxygen atoms in total. The van der Waals surface area contributed by atoms with E-state index in [2.05, 4.69) is 21.2 Å². The standard InChI is InChI=1S/C15H13BrFNO/c1-10-5-12(8-13(16)6-10)15(19)18-9-11-3-2-4-14(17)7-11/h2-8H,9H2,1H3,(H,18,19). The lowest BCUT2D eigenvalue weighted by molar-refractivity contribution is 0.0950. The van der Waals surface area contributed by atoms with Gasteiger partial charge in [-0.05, 0) is 48.4 Å². The van der Waals surface area contributed by atoms with Crippen molar-refractivity contribution >= 4 is 21.8 Å². The normalized spacial score (nSPS) is 10.3. The van der Waals surface area contributed by atoms with Crippen molar-refractivity contribution < 1.29 is 9.18 Å². The van der Waals surface area contributed by atoms with Crippen molar-refractivity contribution in [3.8, 4) is 0 Å². The number of hydrogen-bond acceptors (Lipinski definition) is 1. The maximum Gasteiger partial charge on any atom is 0.251 e. The van der Waals surface area contributed by atoms with Gasteiger partial charge in [-0.1, -0.05) is 28.1 Å². The lowest BCUT2D eigenvalue weighted by Crippen LogP contribution is -2.22. The van der Waals surface area contributed by atoms with Gasteiger partial charge in [-0.2, -0.15) is 0 Å². The molecule has 0 bridgehead atoms. The van der Waals surface area contributed by atoms with Crippen molar-refractivity contribution in [3.05, 3.63) is 69.4 Å². The van der Waals surface area contributed by atoms with Crippen LogP contribution < -0.4 is 5.32 Å². The minimum absolute atomic E-state index is 0.173. The second-order valence-electron chi connectivity index (χ2n) is 4.33. The van der Waals surface area contributed by atoms with Crippen molar-refractivity contribution in [3.63, 3.8) is 0 Å². The van der Waals surface area contributed by atoms with Crippen LogP contribution in [0.2, 0.25) is 0 Å². The fourth-order valence-corrected chi connectivity index (χ4v) is 2.41. The van der Waals surface area contributed by atoms with Crippen molar-refractivity contribution in [1.29, 1.82) is 0 Å². The van der Waals surface area contributed by atoms with Crippen LogP contribution in [0.25, 0.3) is 0 Å². The third-order valence-corrected chi connectivity index (χ3v) is 3.10. The van der Waals surface area contributed by atoms with Crippen molar-refractivity contribution in [2.75, 3.05) is 0 Å². The molecular formula is C15H13BrFNO. The first-order chi connectivity index (χ1) is 9.04. The van der Waals surface area contributed by atoms with E-state index in [0.717, 1.165) is 15.6 Å². The molecule has 0 fully saturated rings. The Hall–Kier alpha value is -1.68. The molecule has 0 saturated carbocycles. The summed E-state index contributed by atoms with van der Waals surface area (Å²) >= 11 is 3.36. The van der Waals surface area contributed by atoms with Crippen LogP contribution in [0.1, 0.15) is 21.5 Å². The molecule has 0 aliphatic heterocycles. The highest BCUT2D eigenvalue weighted by Crippen LogP contribution is 2.15. The fourth-order valence-electron chi connectivity index (χ4n) is 1.80. The second-order valence-corrected chi connectivity index (χ2v) is 5.25. The Labute approximate surface area is 119 Å². The molecule has 1 amide bonds. The van der Waals surface area contributed by atoms with E-state index in [1.54, 1.807) is 18.2 Å². The van der Waals surface area contributed by atoms with E-state index in [0.29, 0.717) is 12.1 Å². The van der Waals surface area contributed by atoms with Gasteiger partial charge in [0, 0.05) is 16.6 Å². The molecule has 0 atom stereocenters. The second kappa shape index (κ2) is 5.97. The van der Waals surface area contributed by atoms with Crippen LogP contribution in [0.3, 0.4) is 0 Å². The average Bonchev–Trinajstić information content (AvgIpc) is 2.35. The van der Waals surface area contributed by atoms with Crippen LogP contribution in [-0.4, -0.2) is 5.91 Å². The Bertz CT molecular complexity index is 593. The number of halogens is 2. The summed E-state index contributed by atoms with van der Waals surface area (Å²) in [5.41, 5.74) is 2.33. The Kier molecular flexibility index (Phi) is 4.32. The third-order valence-electron chi connectivity index (χ3n) is 2.65. The van der Waals surface area contributed by atoms with Crippen molar-refractivity contribution in [1.82, 2.24) is 5.32 Å². The summed E-state index contributed by atoms with van der Waals surface area (Å²) in [6, 6.07) is 11.7. The van der Waals surface area contributed by atoms with Crippen LogP contribution in [-0.2, 0) is 6.54 Å². The zero-order valence-electron chi connectivity index (χ0n) is 10.4. The molecule has 0 saturated heterocycles. The van der Waals surface area contributed by atoms with Gasteiger partial charge >= 0.3 is 0 Å². The van der Waals surface area contributed by atoms with Gasteiger partial charge in [0.05, 0.1) is 0 Å². The molecule has 2 aromatic rings. The van der Waals surface area contributed by atoms with Crippen LogP contribution in [0.5, 0.6) is 0 Å². The lowest BCUT2D eigenvalue weighted by Gasteiger charge is -2.07. The molecule has 0 spiro atoms. The predicted octanol–water partition coefficient (Wildman–Crippen LogP) is 3.83. The van der Waals surface area contributed by atoms with Gasteiger partial charge in [0.15, 0.2) is 0 Å². The highest BCUT2D eigenvalue weighted by atomic mass is 79.9. The SMILES string of the molecule is Cc1cc(Br)cc(C(=O)NCc2cccc(F)c2)c1. The van der Waals surface area contributed by atoms with E-state index >= 15 is 0 Å². The highest BCUT2D eigenvalue weighted by Gasteiger charge is 2.07. The zero-order chi connectivity index (χ0) is 13.8. The number of aryl methyl sites for hydroxylation is 1. The molecule has 0 aliphatic rings. The quantitative estimate of drug-likeness (QED) is 0.914. The maximum atomic E-state index is 13.0. The highest BCUT2D eigenvalue weighted by molar-refractivity contribution is 9.10. The van der Waals surface area contributed by atoms with Gasteiger partial charge in [0.25, 0.3) is 5.91 Å².